The first-order chi connectivity index (χ1) is 10.1. The number of morpholine rings is 1. The van der Waals surface area contributed by atoms with Gasteiger partial charge in [0.2, 0.25) is 0 Å². The van der Waals surface area contributed by atoms with E-state index in [-0.39, 0.29) is 11.1 Å². The van der Waals surface area contributed by atoms with Crippen LogP contribution in [0.1, 0.15) is 11.1 Å². The first-order valence-corrected chi connectivity index (χ1v) is 7.63. The molecule has 0 spiro atoms. The van der Waals surface area contributed by atoms with Gasteiger partial charge < -0.3 is 9.64 Å². The molecule has 0 bridgehead atoms. The van der Waals surface area contributed by atoms with Crippen molar-refractivity contribution >= 4 is 34.7 Å². The number of anilines is 1. The number of benzene rings is 1. The van der Waals surface area contributed by atoms with E-state index < -0.39 is 0 Å². The molecule has 110 valence electrons. The second-order valence-electron chi connectivity index (χ2n) is 4.99. The molecule has 2 aliphatic rings. The van der Waals surface area contributed by atoms with Gasteiger partial charge in [-0.05, 0) is 48.0 Å². The van der Waals surface area contributed by atoms with E-state index in [1.165, 1.54) is 0 Å². The third-order valence-corrected chi connectivity index (χ3v) is 4.37. The molecule has 0 unspecified atom stereocenters. The monoisotopic (exact) mass is 304 g/mol. The standard InChI is InChI=1S/C15H16N2O3S/c1-10-8-12(17-4-6-20-7-5-17)3-2-11(10)9-13-14(18)16-15(19)21-13/h2-3,8-9H,4-7H2,1H3,(H,16,18,19)/b13-9-. The van der Waals surface area contributed by atoms with Crippen molar-refractivity contribution < 1.29 is 14.3 Å². The first kappa shape index (κ1) is 14.2. The Morgan fingerprint density at radius 1 is 1.29 bits per heavy atom. The summed E-state index contributed by atoms with van der Waals surface area (Å²) < 4.78 is 5.36. The van der Waals surface area contributed by atoms with Gasteiger partial charge in [-0.2, -0.15) is 0 Å². The number of imide groups is 1. The van der Waals surface area contributed by atoms with Crippen molar-refractivity contribution in [1.82, 2.24) is 5.32 Å². The summed E-state index contributed by atoms with van der Waals surface area (Å²) >= 11 is 0.944. The van der Waals surface area contributed by atoms with Crippen LogP contribution in [0.4, 0.5) is 10.5 Å². The van der Waals surface area contributed by atoms with Crippen LogP contribution in [0.15, 0.2) is 23.1 Å². The van der Waals surface area contributed by atoms with Crippen LogP contribution in [-0.4, -0.2) is 37.4 Å². The minimum atomic E-state index is -0.318. The van der Waals surface area contributed by atoms with Gasteiger partial charge in [0.15, 0.2) is 0 Å². The molecule has 5 nitrogen and oxygen atoms in total. The summed E-state index contributed by atoms with van der Waals surface area (Å²) in [6, 6.07) is 6.14. The number of aryl methyl sites for hydroxylation is 1. The maximum absolute atomic E-state index is 11.6. The summed E-state index contributed by atoms with van der Waals surface area (Å²) in [5.74, 6) is -0.318. The Balaban J connectivity index is 1.83. The minimum Gasteiger partial charge on any atom is -0.378 e. The van der Waals surface area contributed by atoms with Crippen LogP contribution in [0.3, 0.4) is 0 Å². The summed E-state index contributed by atoms with van der Waals surface area (Å²) in [5, 5.41) is 1.95. The van der Waals surface area contributed by atoms with Crippen molar-refractivity contribution in [3.8, 4) is 0 Å². The van der Waals surface area contributed by atoms with Gasteiger partial charge in [-0.25, -0.2) is 0 Å². The molecule has 1 aromatic carbocycles. The van der Waals surface area contributed by atoms with Crippen molar-refractivity contribution in [3.63, 3.8) is 0 Å². The van der Waals surface area contributed by atoms with Gasteiger partial charge in [0, 0.05) is 18.8 Å². The fourth-order valence-corrected chi connectivity index (χ4v) is 3.08. The van der Waals surface area contributed by atoms with Crippen LogP contribution in [0.2, 0.25) is 0 Å². The molecule has 1 N–H and O–H groups in total. The van der Waals surface area contributed by atoms with Crippen molar-refractivity contribution in [3.05, 3.63) is 34.2 Å². The average molecular weight is 304 g/mol. The zero-order valence-corrected chi connectivity index (χ0v) is 12.5. The molecule has 21 heavy (non-hydrogen) atoms. The highest BCUT2D eigenvalue weighted by Gasteiger charge is 2.25. The molecule has 6 heteroatoms. The Morgan fingerprint density at radius 2 is 2.05 bits per heavy atom. The molecule has 2 amide bonds. The summed E-state index contributed by atoms with van der Waals surface area (Å²) in [5.41, 5.74) is 3.20. The number of carbonyl (C=O) groups is 2. The molecule has 1 aromatic rings. The van der Waals surface area contributed by atoms with Crippen LogP contribution >= 0.6 is 11.8 Å². The predicted molar refractivity (Wildman–Crippen MR) is 83.3 cm³/mol. The molecule has 0 atom stereocenters. The Morgan fingerprint density at radius 3 is 2.67 bits per heavy atom. The van der Waals surface area contributed by atoms with Crippen LogP contribution in [0.5, 0.6) is 0 Å². The highest BCUT2D eigenvalue weighted by Crippen LogP contribution is 2.28. The third kappa shape index (κ3) is 3.11. The van der Waals surface area contributed by atoms with Gasteiger partial charge in [0.25, 0.3) is 11.1 Å². The van der Waals surface area contributed by atoms with Crippen molar-refractivity contribution in [2.45, 2.75) is 6.92 Å². The number of carbonyl (C=O) groups excluding carboxylic acids is 2. The molecule has 2 aliphatic heterocycles. The number of hydrogen-bond donors (Lipinski definition) is 1. The van der Waals surface area contributed by atoms with Crippen LogP contribution in [0.25, 0.3) is 6.08 Å². The quantitative estimate of drug-likeness (QED) is 0.849. The fourth-order valence-electron chi connectivity index (χ4n) is 2.40. The second kappa shape index (κ2) is 5.91. The zero-order chi connectivity index (χ0) is 14.8. The molecular formula is C15H16N2O3S. The third-order valence-electron chi connectivity index (χ3n) is 3.56. The number of ether oxygens (including phenoxy) is 1. The SMILES string of the molecule is Cc1cc(N2CCOCC2)ccc1/C=C1\SC(=O)NC1=O. The molecule has 0 aliphatic carbocycles. The summed E-state index contributed by atoms with van der Waals surface area (Å²) in [4.78, 5) is 25.5. The number of amides is 2. The van der Waals surface area contributed by atoms with Crippen molar-refractivity contribution in [2.24, 2.45) is 0 Å². The van der Waals surface area contributed by atoms with Crippen molar-refractivity contribution in [2.75, 3.05) is 31.2 Å². The lowest BCUT2D eigenvalue weighted by molar-refractivity contribution is -0.115. The van der Waals surface area contributed by atoms with Gasteiger partial charge in [0.05, 0.1) is 18.1 Å². The van der Waals surface area contributed by atoms with E-state index in [1.54, 1.807) is 6.08 Å². The zero-order valence-electron chi connectivity index (χ0n) is 11.7. The summed E-state index contributed by atoms with van der Waals surface area (Å²) in [6.07, 6.45) is 1.77. The predicted octanol–water partition coefficient (Wildman–Crippen LogP) is 2.16. The normalized spacial score (nSPS) is 21.0. The minimum absolute atomic E-state index is 0.311. The van der Waals surface area contributed by atoms with Gasteiger partial charge in [0.1, 0.15) is 0 Å². The van der Waals surface area contributed by atoms with E-state index in [0.717, 1.165) is 54.9 Å². The smallest absolute Gasteiger partial charge is 0.290 e. The van der Waals surface area contributed by atoms with Crippen LogP contribution in [-0.2, 0) is 9.53 Å². The topological polar surface area (TPSA) is 58.6 Å². The lowest BCUT2D eigenvalue weighted by atomic mass is 10.1. The van der Waals surface area contributed by atoms with Gasteiger partial charge in [-0.3, -0.25) is 14.9 Å². The number of hydrogen-bond acceptors (Lipinski definition) is 5. The lowest BCUT2D eigenvalue weighted by Crippen LogP contribution is -2.36. The lowest BCUT2D eigenvalue weighted by Gasteiger charge is -2.29. The fraction of sp³-hybridized carbons (Fsp3) is 0.333. The summed E-state index contributed by atoms with van der Waals surface area (Å²) in [6.45, 7) is 5.31. The Labute approximate surface area is 127 Å². The second-order valence-corrected chi connectivity index (χ2v) is 6.01. The Bertz CT molecular complexity index is 621. The number of nitrogens with zero attached hydrogens (tertiary/aromatic N) is 1. The highest BCUT2D eigenvalue weighted by molar-refractivity contribution is 8.18. The molecule has 2 fully saturated rings. The van der Waals surface area contributed by atoms with E-state index in [1.807, 2.05) is 19.1 Å². The molecule has 0 radical (unpaired) electrons. The Hall–Kier alpha value is -1.79. The van der Waals surface area contributed by atoms with Gasteiger partial charge in [-0.1, -0.05) is 6.07 Å². The highest BCUT2D eigenvalue weighted by atomic mass is 32.2. The Kier molecular flexibility index (Phi) is 3.98. The van der Waals surface area contributed by atoms with Crippen molar-refractivity contribution in [1.29, 1.82) is 0 Å². The van der Waals surface area contributed by atoms with Gasteiger partial charge in [-0.15, -0.1) is 0 Å². The number of rotatable bonds is 2. The maximum atomic E-state index is 11.6. The van der Waals surface area contributed by atoms with Gasteiger partial charge >= 0.3 is 0 Å². The number of nitrogens with one attached hydrogen (secondary N) is 1. The molecule has 3 rings (SSSR count). The molecule has 2 saturated heterocycles. The van der Waals surface area contributed by atoms with E-state index >= 15 is 0 Å². The van der Waals surface area contributed by atoms with E-state index in [4.69, 9.17) is 4.74 Å². The van der Waals surface area contributed by atoms with E-state index in [9.17, 15) is 9.59 Å². The average Bonchev–Trinajstić information content (AvgIpc) is 2.80. The van der Waals surface area contributed by atoms with E-state index in [2.05, 4.69) is 16.3 Å². The molecule has 2 heterocycles. The van der Waals surface area contributed by atoms with Crippen LogP contribution in [0, 0.1) is 6.92 Å². The maximum Gasteiger partial charge on any atom is 0.290 e. The molecule has 0 aromatic heterocycles. The van der Waals surface area contributed by atoms with Crippen LogP contribution < -0.4 is 10.2 Å². The molecule has 0 saturated carbocycles. The first-order valence-electron chi connectivity index (χ1n) is 6.82. The molecular weight excluding hydrogens is 288 g/mol. The summed E-state index contributed by atoms with van der Waals surface area (Å²) in [7, 11) is 0. The number of thioether (sulfide) groups is 1. The largest absolute Gasteiger partial charge is 0.378 e. The van der Waals surface area contributed by atoms with E-state index in [0.29, 0.717) is 4.91 Å².